The molecule has 0 fully saturated rings. The van der Waals surface area contributed by atoms with E-state index in [2.05, 4.69) is 5.32 Å². The van der Waals surface area contributed by atoms with Crippen molar-refractivity contribution >= 4 is 23.5 Å². The Hall–Kier alpha value is -1.59. The first-order valence-electron chi connectivity index (χ1n) is 5.31. The van der Waals surface area contributed by atoms with Crippen LogP contribution in [0.5, 0.6) is 0 Å². The topological polar surface area (TPSA) is 86.6 Å². The number of benzene rings is 1. The first-order chi connectivity index (χ1) is 8.34. The molecule has 0 heterocycles. The number of hydrogen-bond acceptors (Lipinski definition) is 3. The molecule has 1 amide bonds. The molecular formula is C12H14ClNO4. The SMILES string of the molecule is Cc1cccc(C(=O)N[C@H](C(=O)O)[C@@H](C)O)c1Cl. The molecule has 5 nitrogen and oxygen atoms in total. The minimum absolute atomic E-state index is 0.184. The molecule has 0 unspecified atom stereocenters. The predicted octanol–water partition coefficient (Wildman–Crippen LogP) is 1.21. The maximum absolute atomic E-state index is 11.9. The lowest BCUT2D eigenvalue weighted by molar-refractivity contribution is -0.141. The van der Waals surface area contributed by atoms with Crippen LogP contribution in [-0.4, -0.2) is 34.2 Å². The van der Waals surface area contributed by atoms with Gasteiger partial charge in [-0.05, 0) is 25.5 Å². The Morgan fingerprint density at radius 1 is 1.39 bits per heavy atom. The van der Waals surface area contributed by atoms with Gasteiger partial charge in [0.25, 0.3) is 5.91 Å². The van der Waals surface area contributed by atoms with E-state index in [-0.39, 0.29) is 10.6 Å². The number of aliphatic hydroxyl groups excluding tert-OH is 1. The molecule has 1 aromatic rings. The van der Waals surface area contributed by atoms with Gasteiger partial charge < -0.3 is 15.5 Å². The number of rotatable bonds is 4. The first-order valence-corrected chi connectivity index (χ1v) is 5.69. The summed E-state index contributed by atoms with van der Waals surface area (Å²) in [6, 6.07) is 3.51. The molecule has 0 saturated carbocycles. The van der Waals surface area contributed by atoms with Gasteiger partial charge in [-0.15, -0.1) is 0 Å². The quantitative estimate of drug-likeness (QED) is 0.768. The van der Waals surface area contributed by atoms with Crippen LogP contribution in [0.3, 0.4) is 0 Å². The Morgan fingerprint density at radius 2 is 2.00 bits per heavy atom. The van der Waals surface area contributed by atoms with Crippen LogP contribution in [0.15, 0.2) is 18.2 Å². The van der Waals surface area contributed by atoms with Crippen molar-refractivity contribution in [3.63, 3.8) is 0 Å². The number of hydrogen-bond donors (Lipinski definition) is 3. The van der Waals surface area contributed by atoms with Crippen molar-refractivity contribution in [2.75, 3.05) is 0 Å². The van der Waals surface area contributed by atoms with Gasteiger partial charge in [0.05, 0.1) is 16.7 Å². The summed E-state index contributed by atoms with van der Waals surface area (Å²) in [5, 5.41) is 20.6. The molecule has 0 radical (unpaired) electrons. The lowest BCUT2D eigenvalue weighted by Crippen LogP contribution is -2.47. The first kappa shape index (κ1) is 14.5. The van der Waals surface area contributed by atoms with Crippen molar-refractivity contribution in [1.29, 1.82) is 0 Å². The van der Waals surface area contributed by atoms with Crippen molar-refractivity contribution in [2.45, 2.75) is 26.0 Å². The van der Waals surface area contributed by atoms with Gasteiger partial charge in [0.15, 0.2) is 6.04 Å². The molecule has 0 aliphatic heterocycles. The average molecular weight is 272 g/mol. The highest BCUT2D eigenvalue weighted by Gasteiger charge is 2.26. The number of carbonyl (C=O) groups is 2. The van der Waals surface area contributed by atoms with Crippen LogP contribution in [0.4, 0.5) is 0 Å². The van der Waals surface area contributed by atoms with Crippen molar-refractivity contribution in [1.82, 2.24) is 5.32 Å². The van der Waals surface area contributed by atoms with Gasteiger partial charge in [0.2, 0.25) is 0 Å². The Labute approximate surface area is 109 Å². The summed E-state index contributed by atoms with van der Waals surface area (Å²) >= 11 is 5.96. The minimum atomic E-state index is -1.37. The van der Waals surface area contributed by atoms with E-state index in [4.69, 9.17) is 16.7 Å². The smallest absolute Gasteiger partial charge is 0.328 e. The standard InChI is InChI=1S/C12H14ClNO4/c1-6-4-3-5-8(9(6)13)11(16)14-10(7(2)15)12(17)18/h3-5,7,10,15H,1-2H3,(H,14,16)(H,17,18)/t7-,10+/m1/s1. The fourth-order valence-electron chi connectivity index (χ4n) is 1.43. The molecule has 0 spiro atoms. The normalized spacial score (nSPS) is 13.8. The molecule has 6 heteroatoms. The van der Waals surface area contributed by atoms with Crippen molar-refractivity contribution in [3.05, 3.63) is 34.3 Å². The van der Waals surface area contributed by atoms with Crippen LogP contribution in [-0.2, 0) is 4.79 Å². The largest absolute Gasteiger partial charge is 0.480 e. The Morgan fingerprint density at radius 3 is 2.50 bits per heavy atom. The van der Waals surface area contributed by atoms with Crippen molar-refractivity contribution in [3.8, 4) is 0 Å². The van der Waals surface area contributed by atoms with E-state index >= 15 is 0 Å². The number of aryl methyl sites for hydroxylation is 1. The predicted molar refractivity (Wildman–Crippen MR) is 66.8 cm³/mol. The van der Waals surface area contributed by atoms with E-state index in [1.54, 1.807) is 19.1 Å². The van der Waals surface area contributed by atoms with E-state index in [9.17, 15) is 14.7 Å². The number of carboxylic acids is 1. The second-order valence-electron chi connectivity index (χ2n) is 3.97. The van der Waals surface area contributed by atoms with Gasteiger partial charge in [0.1, 0.15) is 0 Å². The summed E-state index contributed by atoms with van der Waals surface area (Å²) in [5.41, 5.74) is 0.900. The third-order valence-electron chi connectivity index (χ3n) is 2.47. The van der Waals surface area contributed by atoms with E-state index < -0.39 is 24.0 Å². The molecule has 18 heavy (non-hydrogen) atoms. The van der Waals surface area contributed by atoms with Crippen LogP contribution in [0.25, 0.3) is 0 Å². The zero-order valence-electron chi connectivity index (χ0n) is 9.98. The monoisotopic (exact) mass is 271 g/mol. The molecule has 0 bridgehead atoms. The second-order valence-corrected chi connectivity index (χ2v) is 4.34. The van der Waals surface area contributed by atoms with Crippen LogP contribution >= 0.6 is 11.6 Å². The lowest BCUT2D eigenvalue weighted by atomic mass is 10.1. The van der Waals surface area contributed by atoms with Crippen LogP contribution in [0.2, 0.25) is 5.02 Å². The lowest BCUT2D eigenvalue weighted by Gasteiger charge is -2.17. The molecule has 0 aliphatic carbocycles. The van der Waals surface area contributed by atoms with Gasteiger partial charge in [-0.3, -0.25) is 4.79 Å². The maximum atomic E-state index is 11.9. The zero-order chi connectivity index (χ0) is 13.9. The van der Waals surface area contributed by atoms with E-state index in [0.717, 1.165) is 0 Å². The summed E-state index contributed by atoms with van der Waals surface area (Å²) in [7, 11) is 0. The molecule has 1 rings (SSSR count). The van der Waals surface area contributed by atoms with Gasteiger partial charge in [-0.2, -0.15) is 0 Å². The third kappa shape index (κ3) is 3.21. The maximum Gasteiger partial charge on any atom is 0.328 e. The number of carboxylic acid groups (broad SMARTS) is 1. The molecule has 2 atom stereocenters. The van der Waals surface area contributed by atoms with Crippen molar-refractivity contribution in [2.24, 2.45) is 0 Å². The fraction of sp³-hybridized carbons (Fsp3) is 0.333. The summed E-state index contributed by atoms with van der Waals surface area (Å²) in [4.78, 5) is 22.7. The number of carbonyl (C=O) groups excluding carboxylic acids is 1. The van der Waals surface area contributed by atoms with Gasteiger partial charge in [-0.25, -0.2) is 4.79 Å². The molecular weight excluding hydrogens is 258 g/mol. The fourth-order valence-corrected chi connectivity index (χ4v) is 1.64. The number of aliphatic carboxylic acids is 1. The molecule has 3 N–H and O–H groups in total. The zero-order valence-corrected chi connectivity index (χ0v) is 10.7. The summed E-state index contributed by atoms with van der Waals surface area (Å²) in [6.45, 7) is 3.03. The number of nitrogens with one attached hydrogen (secondary N) is 1. The number of aliphatic hydroxyl groups is 1. The highest BCUT2D eigenvalue weighted by atomic mass is 35.5. The highest BCUT2D eigenvalue weighted by Crippen LogP contribution is 2.20. The third-order valence-corrected chi connectivity index (χ3v) is 2.97. The van der Waals surface area contributed by atoms with Gasteiger partial charge >= 0.3 is 5.97 Å². The summed E-state index contributed by atoms with van der Waals surface area (Å²) in [6.07, 6.45) is -1.20. The van der Waals surface area contributed by atoms with Crippen LogP contribution < -0.4 is 5.32 Å². The Kier molecular flexibility index (Phi) is 4.69. The average Bonchev–Trinajstić information content (AvgIpc) is 2.28. The van der Waals surface area contributed by atoms with E-state index in [0.29, 0.717) is 5.56 Å². The Bertz CT molecular complexity index is 473. The summed E-state index contributed by atoms with van der Waals surface area (Å²) < 4.78 is 0. The second kappa shape index (κ2) is 5.84. The Balaban J connectivity index is 2.94. The molecule has 0 aromatic heterocycles. The molecule has 0 aliphatic rings. The number of amides is 1. The molecule has 98 valence electrons. The van der Waals surface area contributed by atoms with E-state index in [1.165, 1.54) is 13.0 Å². The van der Waals surface area contributed by atoms with Gasteiger partial charge in [0, 0.05) is 0 Å². The summed E-state index contributed by atoms with van der Waals surface area (Å²) in [5.74, 6) is -1.93. The van der Waals surface area contributed by atoms with Crippen molar-refractivity contribution < 1.29 is 19.8 Å². The van der Waals surface area contributed by atoms with Gasteiger partial charge in [-0.1, -0.05) is 23.7 Å². The van der Waals surface area contributed by atoms with E-state index in [1.807, 2.05) is 0 Å². The molecule has 0 saturated heterocycles. The van der Waals surface area contributed by atoms with Crippen LogP contribution in [0, 0.1) is 6.92 Å². The highest BCUT2D eigenvalue weighted by molar-refractivity contribution is 6.34. The molecule has 1 aromatic carbocycles. The van der Waals surface area contributed by atoms with Crippen LogP contribution in [0.1, 0.15) is 22.8 Å². The number of halogens is 1. The minimum Gasteiger partial charge on any atom is -0.480 e.